The van der Waals surface area contributed by atoms with Gasteiger partial charge in [0.2, 0.25) is 0 Å². The lowest BCUT2D eigenvalue weighted by atomic mass is 10.1. The van der Waals surface area contributed by atoms with Gasteiger partial charge in [0.05, 0.1) is 19.8 Å². The number of benzene rings is 2. The second-order valence-corrected chi connectivity index (χ2v) is 9.06. The molecule has 0 saturated carbocycles. The molecule has 2 aromatic rings. The molecular formula is C27H40IN5O. The summed E-state index contributed by atoms with van der Waals surface area (Å²) in [6.45, 7) is 12.6. The van der Waals surface area contributed by atoms with E-state index in [1.807, 2.05) is 0 Å². The van der Waals surface area contributed by atoms with Gasteiger partial charge in [0.25, 0.3) is 0 Å². The molecule has 2 N–H and O–H groups in total. The average molecular weight is 578 g/mol. The van der Waals surface area contributed by atoms with Crippen molar-refractivity contribution in [3.63, 3.8) is 0 Å². The molecule has 6 nitrogen and oxygen atoms in total. The van der Waals surface area contributed by atoms with Crippen LogP contribution in [0.2, 0.25) is 0 Å². The molecule has 2 aliphatic rings. The number of nitrogens with one attached hydrogen (secondary N) is 2. The largest absolute Gasteiger partial charge is 0.379 e. The van der Waals surface area contributed by atoms with Crippen LogP contribution in [-0.2, 0) is 30.9 Å². The summed E-state index contributed by atoms with van der Waals surface area (Å²) in [5.41, 5.74) is 5.26. The van der Waals surface area contributed by atoms with Gasteiger partial charge in [-0.15, -0.1) is 24.0 Å². The molecule has 0 unspecified atom stereocenters. The summed E-state index contributed by atoms with van der Waals surface area (Å²) < 4.78 is 5.46. The lowest BCUT2D eigenvalue weighted by molar-refractivity contribution is 0.0342. The Balaban J connectivity index is 0.00000324. The minimum Gasteiger partial charge on any atom is -0.379 e. The standard InChI is InChI=1S/C27H39N5O.HI/c1-2-28-27(29-19-23-8-10-24(11-9-23)21-31-12-3-4-13-31)30-20-25-6-5-7-26(18-25)22-32-14-16-33-17-15-32;/h5-11,18H,2-4,12-17,19-22H2,1H3,(H2,28,29,30);1H. The Morgan fingerprint density at radius 1 is 0.824 bits per heavy atom. The maximum atomic E-state index is 5.46. The van der Waals surface area contributed by atoms with Crippen molar-refractivity contribution < 1.29 is 4.74 Å². The Morgan fingerprint density at radius 3 is 2.21 bits per heavy atom. The first kappa shape index (κ1) is 26.9. The molecule has 2 aliphatic heterocycles. The van der Waals surface area contributed by atoms with Crippen LogP contribution >= 0.6 is 24.0 Å². The highest BCUT2D eigenvalue weighted by molar-refractivity contribution is 14.0. The van der Waals surface area contributed by atoms with Crippen molar-refractivity contribution in [2.24, 2.45) is 4.99 Å². The molecule has 7 heteroatoms. The molecule has 0 amide bonds. The summed E-state index contributed by atoms with van der Waals surface area (Å²) in [6.07, 6.45) is 2.68. The summed E-state index contributed by atoms with van der Waals surface area (Å²) >= 11 is 0. The Bertz CT molecular complexity index is 877. The number of hydrogen-bond donors (Lipinski definition) is 2. The van der Waals surface area contributed by atoms with E-state index in [4.69, 9.17) is 9.73 Å². The fourth-order valence-corrected chi connectivity index (χ4v) is 4.50. The molecule has 186 valence electrons. The monoisotopic (exact) mass is 577 g/mol. The number of likely N-dealkylation sites (tertiary alicyclic amines) is 1. The molecule has 2 fully saturated rings. The molecule has 0 aromatic heterocycles. The maximum Gasteiger partial charge on any atom is 0.191 e. The number of rotatable bonds is 9. The SMILES string of the molecule is CCNC(=NCc1cccc(CN2CCOCC2)c1)NCc1ccc(CN2CCCC2)cc1.I. The average Bonchev–Trinajstić information content (AvgIpc) is 3.36. The molecule has 0 radical (unpaired) electrons. The molecular weight excluding hydrogens is 537 g/mol. The van der Waals surface area contributed by atoms with Crippen molar-refractivity contribution in [2.45, 2.75) is 45.9 Å². The van der Waals surface area contributed by atoms with Crippen LogP contribution in [0, 0.1) is 0 Å². The van der Waals surface area contributed by atoms with Crippen LogP contribution in [-0.4, -0.2) is 61.7 Å². The second-order valence-electron chi connectivity index (χ2n) is 9.06. The highest BCUT2D eigenvalue weighted by Gasteiger charge is 2.12. The van der Waals surface area contributed by atoms with Gasteiger partial charge in [0.15, 0.2) is 5.96 Å². The Kier molecular flexibility index (Phi) is 11.6. The first-order chi connectivity index (χ1) is 16.3. The number of halogens is 1. The normalized spacial score (nSPS) is 17.4. The maximum absolute atomic E-state index is 5.46. The highest BCUT2D eigenvalue weighted by Crippen LogP contribution is 2.14. The van der Waals surface area contributed by atoms with Crippen molar-refractivity contribution in [3.05, 3.63) is 70.8 Å². The van der Waals surface area contributed by atoms with E-state index in [2.05, 4.69) is 75.9 Å². The van der Waals surface area contributed by atoms with E-state index in [9.17, 15) is 0 Å². The van der Waals surface area contributed by atoms with Gasteiger partial charge in [0.1, 0.15) is 0 Å². The van der Waals surface area contributed by atoms with Crippen molar-refractivity contribution >= 4 is 29.9 Å². The number of morpholine rings is 1. The lowest BCUT2D eigenvalue weighted by Crippen LogP contribution is -2.36. The molecule has 4 rings (SSSR count). The van der Waals surface area contributed by atoms with Crippen molar-refractivity contribution in [1.82, 2.24) is 20.4 Å². The molecule has 2 heterocycles. The molecule has 2 aromatic carbocycles. The van der Waals surface area contributed by atoms with Crippen LogP contribution in [0.15, 0.2) is 53.5 Å². The van der Waals surface area contributed by atoms with Crippen molar-refractivity contribution in [3.8, 4) is 0 Å². The molecule has 2 saturated heterocycles. The summed E-state index contributed by atoms with van der Waals surface area (Å²) in [5.74, 6) is 0.859. The van der Waals surface area contributed by atoms with Crippen LogP contribution in [0.1, 0.15) is 42.0 Å². The minimum absolute atomic E-state index is 0. The Labute approximate surface area is 222 Å². The Morgan fingerprint density at radius 2 is 1.47 bits per heavy atom. The van der Waals surface area contributed by atoms with Gasteiger partial charge in [-0.25, -0.2) is 4.99 Å². The topological polar surface area (TPSA) is 52.1 Å². The zero-order valence-electron chi connectivity index (χ0n) is 20.5. The number of nitrogens with zero attached hydrogens (tertiary/aromatic N) is 3. The number of hydrogen-bond acceptors (Lipinski definition) is 4. The summed E-state index contributed by atoms with van der Waals surface area (Å²) in [4.78, 5) is 9.82. The summed E-state index contributed by atoms with van der Waals surface area (Å²) in [7, 11) is 0. The highest BCUT2D eigenvalue weighted by atomic mass is 127. The van der Waals surface area contributed by atoms with Gasteiger partial charge in [0, 0.05) is 39.3 Å². The molecule has 0 spiro atoms. The van der Waals surface area contributed by atoms with Gasteiger partial charge >= 0.3 is 0 Å². The molecule has 0 atom stereocenters. The quantitative estimate of drug-likeness (QED) is 0.268. The van der Waals surface area contributed by atoms with E-state index in [1.54, 1.807) is 0 Å². The number of ether oxygens (including phenoxy) is 1. The molecule has 34 heavy (non-hydrogen) atoms. The van der Waals surface area contributed by atoms with Gasteiger partial charge < -0.3 is 15.4 Å². The summed E-state index contributed by atoms with van der Waals surface area (Å²) in [5, 5.41) is 6.86. The zero-order chi connectivity index (χ0) is 22.7. The van der Waals surface area contributed by atoms with E-state index in [1.165, 1.54) is 48.2 Å². The van der Waals surface area contributed by atoms with E-state index in [-0.39, 0.29) is 24.0 Å². The fraction of sp³-hybridized carbons (Fsp3) is 0.519. The fourth-order valence-electron chi connectivity index (χ4n) is 4.50. The second kappa shape index (κ2) is 14.7. The van der Waals surface area contributed by atoms with Crippen LogP contribution in [0.4, 0.5) is 0 Å². The van der Waals surface area contributed by atoms with E-state index in [0.29, 0.717) is 6.54 Å². The van der Waals surface area contributed by atoms with Gasteiger partial charge in [-0.1, -0.05) is 48.5 Å². The first-order valence-corrected chi connectivity index (χ1v) is 12.5. The van der Waals surface area contributed by atoms with E-state index >= 15 is 0 Å². The zero-order valence-corrected chi connectivity index (χ0v) is 22.8. The minimum atomic E-state index is 0. The molecule has 0 bridgehead atoms. The third-order valence-electron chi connectivity index (χ3n) is 6.35. The third kappa shape index (κ3) is 8.83. The third-order valence-corrected chi connectivity index (χ3v) is 6.35. The first-order valence-electron chi connectivity index (χ1n) is 12.5. The predicted molar refractivity (Wildman–Crippen MR) is 151 cm³/mol. The van der Waals surface area contributed by atoms with Gasteiger partial charge in [-0.2, -0.15) is 0 Å². The van der Waals surface area contributed by atoms with Crippen molar-refractivity contribution in [2.75, 3.05) is 45.9 Å². The Hall–Kier alpha value is -1.68. The van der Waals surface area contributed by atoms with E-state index in [0.717, 1.165) is 58.4 Å². The summed E-state index contributed by atoms with van der Waals surface area (Å²) in [6, 6.07) is 17.8. The van der Waals surface area contributed by atoms with Gasteiger partial charge in [-0.05, 0) is 55.1 Å². The van der Waals surface area contributed by atoms with E-state index < -0.39 is 0 Å². The van der Waals surface area contributed by atoms with Crippen LogP contribution in [0.5, 0.6) is 0 Å². The van der Waals surface area contributed by atoms with Crippen LogP contribution in [0.3, 0.4) is 0 Å². The van der Waals surface area contributed by atoms with Crippen molar-refractivity contribution in [1.29, 1.82) is 0 Å². The van der Waals surface area contributed by atoms with Gasteiger partial charge in [-0.3, -0.25) is 9.80 Å². The number of guanidine groups is 1. The smallest absolute Gasteiger partial charge is 0.191 e. The van der Waals surface area contributed by atoms with Crippen LogP contribution < -0.4 is 10.6 Å². The lowest BCUT2D eigenvalue weighted by Gasteiger charge is -2.26. The number of aliphatic imine (C=N–C) groups is 1. The predicted octanol–water partition coefficient (Wildman–Crippen LogP) is 3.99. The molecule has 0 aliphatic carbocycles. The van der Waals surface area contributed by atoms with Crippen LogP contribution in [0.25, 0.3) is 0 Å².